The number of aromatic nitrogens is 2. The molecule has 7 heteroatoms. The van der Waals surface area contributed by atoms with Gasteiger partial charge in [-0.1, -0.05) is 0 Å². The van der Waals surface area contributed by atoms with Gasteiger partial charge in [-0.15, -0.1) is 0 Å². The van der Waals surface area contributed by atoms with Crippen LogP contribution < -0.4 is 10.6 Å². The lowest BCUT2D eigenvalue weighted by Gasteiger charge is -2.26. The molecule has 1 aliphatic rings. The Morgan fingerprint density at radius 3 is 3.00 bits per heavy atom. The van der Waals surface area contributed by atoms with Crippen LogP contribution in [0, 0.1) is 0 Å². The van der Waals surface area contributed by atoms with E-state index in [1.54, 1.807) is 6.20 Å². The minimum Gasteiger partial charge on any atom is -0.379 e. The average molecular weight is 294 g/mol. The second-order valence-corrected chi connectivity index (χ2v) is 5.01. The molecule has 7 nitrogen and oxygen atoms in total. The van der Waals surface area contributed by atoms with E-state index in [9.17, 15) is 0 Å². The molecule has 0 aliphatic carbocycles. The molecule has 3 N–H and O–H groups in total. The zero-order valence-corrected chi connectivity index (χ0v) is 12.8. The fourth-order valence-corrected chi connectivity index (χ4v) is 2.21. The average Bonchev–Trinajstić information content (AvgIpc) is 3.03. The van der Waals surface area contributed by atoms with Crippen molar-refractivity contribution in [3.8, 4) is 0 Å². The number of morpholine rings is 1. The summed E-state index contributed by atoms with van der Waals surface area (Å²) in [6, 6.07) is 1.94. The number of nitrogens with one attached hydrogen (secondary N) is 3. The van der Waals surface area contributed by atoms with Gasteiger partial charge in [0.1, 0.15) is 0 Å². The van der Waals surface area contributed by atoms with E-state index in [2.05, 4.69) is 37.6 Å². The van der Waals surface area contributed by atoms with Gasteiger partial charge in [-0.3, -0.25) is 10.00 Å². The highest BCUT2D eigenvalue weighted by atomic mass is 16.5. The number of guanidine groups is 1. The summed E-state index contributed by atoms with van der Waals surface area (Å²) in [5.41, 5.74) is 1.01. The van der Waals surface area contributed by atoms with Gasteiger partial charge < -0.3 is 15.4 Å². The van der Waals surface area contributed by atoms with E-state index in [-0.39, 0.29) is 0 Å². The Balaban J connectivity index is 1.65. The van der Waals surface area contributed by atoms with Crippen LogP contribution in [0.25, 0.3) is 0 Å². The van der Waals surface area contributed by atoms with Crippen molar-refractivity contribution in [1.29, 1.82) is 0 Å². The molecular formula is C14H26N6O. The Hall–Kier alpha value is -1.60. The van der Waals surface area contributed by atoms with Gasteiger partial charge in [0.25, 0.3) is 0 Å². The lowest BCUT2D eigenvalue weighted by atomic mass is 10.3. The third-order valence-corrected chi connectivity index (χ3v) is 3.36. The molecule has 0 aromatic carbocycles. The Morgan fingerprint density at radius 2 is 2.29 bits per heavy atom. The summed E-state index contributed by atoms with van der Waals surface area (Å²) in [6.07, 6.45) is 2.85. The van der Waals surface area contributed by atoms with Crippen LogP contribution >= 0.6 is 0 Å². The molecule has 0 radical (unpaired) electrons. The first-order chi connectivity index (χ1) is 10.4. The maximum Gasteiger partial charge on any atom is 0.191 e. The first-order valence-corrected chi connectivity index (χ1v) is 7.69. The van der Waals surface area contributed by atoms with E-state index in [1.807, 2.05) is 6.07 Å². The van der Waals surface area contributed by atoms with Crippen LogP contribution in [-0.4, -0.2) is 67.0 Å². The first kappa shape index (κ1) is 15.8. The second kappa shape index (κ2) is 9.36. The standard InChI is InChI=1S/C14H26N6O/c1-2-15-14(17-12-13-4-6-18-19-13)16-5-3-7-20-8-10-21-11-9-20/h4,6H,2-3,5,7-12H2,1H3,(H,18,19)(H2,15,16,17). The summed E-state index contributed by atoms with van der Waals surface area (Å²) in [5, 5.41) is 13.5. The third-order valence-electron chi connectivity index (χ3n) is 3.36. The molecule has 0 spiro atoms. The maximum absolute atomic E-state index is 5.35. The molecule has 1 aromatic rings. The number of rotatable bonds is 7. The Kier molecular flexibility index (Phi) is 7.03. The van der Waals surface area contributed by atoms with E-state index in [1.165, 1.54) is 0 Å². The SMILES string of the molecule is CCNC(=NCc1ccn[nH]1)NCCCN1CCOCC1. The quantitative estimate of drug-likeness (QED) is 0.380. The number of aliphatic imine (C=N–C) groups is 1. The molecular weight excluding hydrogens is 268 g/mol. The summed E-state index contributed by atoms with van der Waals surface area (Å²) in [6.45, 7) is 9.39. The van der Waals surface area contributed by atoms with Crippen LogP contribution in [0.3, 0.4) is 0 Å². The summed E-state index contributed by atoms with van der Waals surface area (Å²) < 4.78 is 5.35. The van der Waals surface area contributed by atoms with Crippen LogP contribution in [-0.2, 0) is 11.3 Å². The lowest BCUT2D eigenvalue weighted by molar-refractivity contribution is 0.0376. The maximum atomic E-state index is 5.35. The highest BCUT2D eigenvalue weighted by Gasteiger charge is 2.09. The van der Waals surface area contributed by atoms with Crippen molar-refractivity contribution < 1.29 is 4.74 Å². The zero-order valence-electron chi connectivity index (χ0n) is 12.8. The third kappa shape index (κ3) is 6.14. The molecule has 1 saturated heterocycles. The van der Waals surface area contributed by atoms with Gasteiger partial charge >= 0.3 is 0 Å². The molecule has 1 fully saturated rings. The minimum absolute atomic E-state index is 0.610. The molecule has 0 unspecified atom stereocenters. The van der Waals surface area contributed by atoms with Crippen molar-refractivity contribution in [1.82, 2.24) is 25.7 Å². The summed E-state index contributed by atoms with van der Waals surface area (Å²) in [4.78, 5) is 6.97. The van der Waals surface area contributed by atoms with Gasteiger partial charge in [0.05, 0.1) is 25.5 Å². The van der Waals surface area contributed by atoms with Crippen LogP contribution in [0.5, 0.6) is 0 Å². The van der Waals surface area contributed by atoms with Crippen LogP contribution in [0.2, 0.25) is 0 Å². The zero-order chi connectivity index (χ0) is 14.8. The monoisotopic (exact) mass is 294 g/mol. The molecule has 0 atom stereocenters. The predicted octanol–water partition coefficient (Wildman–Crippen LogP) is 0.187. The molecule has 1 aliphatic heterocycles. The van der Waals surface area contributed by atoms with Crippen molar-refractivity contribution in [2.75, 3.05) is 45.9 Å². The molecule has 2 heterocycles. The van der Waals surface area contributed by atoms with Crippen molar-refractivity contribution in [2.45, 2.75) is 19.9 Å². The Labute approximate surface area is 126 Å². The fourth-order valence-electron chi connectivity index (χ4n) is 2.21. The highest BCUT2D eigenvalue weighted by Crippen LogP contribution is 1.97. The smallest absolute Gasteiger partial charge is 0.191 e. The van der Waals surface area contributed by atoms with Gasteiger partial charge in [0.2, 0.25) is 0 Å². The van der Waals surface area contributed by atoms with E-state index < -0.39 is 0 Å². The van der Waals surface area contributed by atoms with Gasteiger partial charge in [-0.2, -0.15) is 5.10 Å². The van der Waals surface area contributed by atoms with Gasteiger partial charge in [0, 0.05) is 32.4 Å². The Morgan fingerprint density at radius 1 is 1.43 bits per heavy atom. The second-order valence-electron chi connectivity index (χ2n) is 5.01. The molecule has 0 bridgehead atoms. The summed E-state index contributed by atoms with van der Waals surface area (Å²) in [5.74, 6) is 0.856. The van der Waals surface area contributed by atoms with Crippen LogP contribution in [0.1, 0.15) is 19.0 Å². The molecule has 1 aromatic heterocycles. The van der Waals surface area contributed by atoms with Crippen molar-refractivity contribution in [3.63, 3.8) is 0 Å². The minimum atomic E-state index is 0.610. The van der Waals surface area contributed by atoms with Crippen molar-refractivity contribution >= 4 is 5.96 Å². The van der Waals surface area contributed by atoms with Gasteiger partial charge in [-0.05, 0) is 26.0 Å². The van der Waals surface area contributed by atoms with Gasteiger partial charge in [0.15, 0.2) is 5.96 Å². The molecule has 118 valence electrons. The van der Waals surface area contributed by atoms with E-state index in [0.29, 0.717) is 6.54 Å². The topological polar surface area (TPSA) is 77.6 Å². The Bertz CT molecular complexity index is 400. The number of nitrogens with zero attached hydrogens (tertiary/aromatic N) is 3. The lowest BCUT2D eigenvalue weighted by Crippen LogP contribution is -2.40. The van der Waals surface area contributed by atoms with Crippen molar-refractivity contribution in [3.05, 3.63) is 18.0 Å². The first-order valence-electron chi connectivity index (χ1n) is 7.69. The number of hydrogen-bond acceptors (Lipinski definition) is 4. The number of aromatic amines is 1. The molecule has 2 rings (SSSR count). The fraction of sp³-hybridized carbons (Fsp3) is 0.714. The number of hydrogen-bond donors (Lipinski definition) is 3. The molecule has 0 amide bonds. The van der Waals surface area contributed by atoms with E-state index in [0.717, 1.165) is 64.0 Å². The number of ether oxygens (including phenoxy) is 1. The van der Waals surface area contributed by atoms with E-state index in [4.69, 9.17) is 4.74 Å². The van der Waals surface area contributed by atoms with Crippen molar-refractivity contribution in [2.24, 2.45) is 4.99 Å². The van der Waals surface area contributed by atoms with Gasteiger partial charge in [-0.25, -0.2) is 4.99 Å². The van der Waals surface area contributed by atoms with Crippen LogP contribution in [0.4, 0.5) is 0 Å². The summed E-state index contributed by atoms with van der Waals surface area (Å²) in [7, 11) is 0. The van der Waals surface area contributed by atoms with E-state index >= 15 is 0 Å². The highest BCUT2D eigenvalue weighted by molar-refractivity contribution is 5.79. The normalized spacial score (nSPS) is 16.9. The van der Waals surface area contributed by atoms with Crippen LogP contribution in [0.15, 0.2) is 17.3 Å². The molecule has 21 heavy (non-hydrogen) atoms. The largest absolute Gasteiger partial charge is 0.379 e. The summed E-state index contributed by atoms with van der Waals surface area (Å²) >= 11 is 0. The number of H-pyrrole nitrogens is 1. The predicted molar refractivity (Wildman–Crippen MR) is 83.3 cm³/mol. The molecule has 0 saturated carbocycles.